The van der Waals surface area contributed by atoms with Gasteiger partial charge in [0, 0.05) is 17.0 Å². The van der Waals surface area contributed by atoms with Crippen LogP contribution >= 0.6 is 0 Å². The summed E-state index contributed by atoms with van der Waals surface area (Å²) in [5.41, 5.74) is 4.62. The van der Waals surface area contributed by atoms with E-state index in [1.165, 1.54) is 29.4 Å². The molecular weight excluding hydrogens is 246 g/mol. The molecule has 3 nitrogen and oxygen atoms in total. The van der Waals surface area contributed by atoms with Crippen LogP contribution in [-0.4, -0.2) is 14.8 Å². The summed E-state index contributed by atoms with van der Waals surface area (Å²) < 4.78 is 2.10. The maximum Gasteiger partial charge on any atom is 0.0838 e. The van der Waals surface area contributed by atoms with Gasteiger partial charge in [-0.05, 0) is 38.0 Å². The van der Waals surface area contributed by atoms with Crippen LogP contribution in [0.3, 0.4) is 0 Å². The number of hydrogen-bond donors (Lipinski definition) is 0. The number of nitrogens with zero attached hydrogens (tertiary/aromatic N) is 3. The molecule has 4 rings (SSSR count). The summed E-state index contributed by atoms with van der Waals surface area (Å²) >= 11 is 0. The fourth-order valence-corrected chi connectivity index (χ4v) is 2.77. The van der Waals surface area contributed by atoms with Gasteiger partial charge in [-0.1, -0.05) is 24.3 Å². The molecule has 1 aliphatic carbocycles. The Labute approximate surface area is 118 Å². The molecule has 0 spiro atoms. The van der Waals surface area contributed by atoms with Gasteiger partial charge in [-0.2, -0.15) is 5.10 Å². The van der Waals surface area contributed by atoms with Gasteiger partial charge < -0.3 is 0 Å². The second kappa shape index (κ2) is 4.44. The Morgan fingerprint density at radius 3 is 2.75 bits per heavy atom. The van der Waals surface area contributed by atoms with Gasteiger partial charge in [0.15, 0.2) is 0 Å². The predicted octanol–water partition coefficient (Wildman–Crippen LogP) is 3.67. The molecule has 3 aromatic rings. The van der Waals surface area contributed by atoms with Crippen LogP contribution in [0.1, 0.15) is 35.8 Å². The minimum atomic E-state index is 0.673. The summed E-state index contributed by atoms with van der Waals surface area (Å²) in [6, 6.07) is 14.7. The van der Waals surface area contributed by atoms with E-state index in [2.05, 4.69) is 46.1 Å². The van der Waals surface area contributed by atoms with Crippen LogP contribution in [0, 0.1) is 6.92 Å². The number of rotatable bonds is 3. The van der Waals surface area contributed by atoms with Crippen LogP contribution in [0.5, 0.6) is 0 Å². The van der Waals surface area contributed by atoms with E-state index in [0.717, 1.165) is 17.9 Å². The lowest BCUT2D eigenvalue weighted by Gasteiger charge is -2.04. The largest absolute Gasteiger partial charge is 0.259 e. The Balaban J connectivity index is 1.79. The number of fused-ring (bicyclic) bond motifs is 1. The van der Waals surface area contributed by atoms with E-state index in [9.17, 15) is 0 Å². The molecule has 3 heteroatoms. The van der Waals surface area contributed by atoms with Gasteiger partial charge in [0.2, 0.25) is 0 Å². The Morgan fingerprint density at radius 2 is 1.95 bits per heavy atom. The van der Waals surface area contributed by atoms with E-state index in [1.807, 2.05) is 13.0 Å². The predicted molar refractivity (Wildman–Crippen MR) is 79.8 cm³/mol. The highest BCUT2D eigenvalue weighted by atomic mass is 15.3. The smallest absolute Gasteiger partial charge is 0.0838 e. The maximum atomic E-state index is 4.85. The standard InChI is InChI=1S/C17H17N3/c1-12-5-4-6-14(18-12)11-20-16-8-3-2-7-15(16)17(19-20)13-9-10-13/h2-8,13H,9-11H2,1H3. The van der Waals surface area contributed by atoms with Crippen molar-refractivity contribution in [1.29, 1.82) is 0 Å². The third kappa shape index (κ3) is 1.99. The van der Waals surface area contributed by atoms with Crippen molar-refractivity contribution in [2.24, 2.45) is 0 Å². The molecule has 0 amide bonds. The number of aryl methyl sites for hydroxylation is 1. The first-order valence-corrected chi connectivity index (χ1v) is 7.19. The van der Waals surface area contributed by atoms with Crippen LogP contribution in [0.2, 0.25) is 0 Å². The topological polar surface area (TPSA) is 30.7 Å². The molecule has 20 heavy (non-hydrogen) atoms. The maximum absolute atomic E-state index is 4.85. The zero-order valence-electron chi connectivity index (χ0n) is 11.6. The number of para-hydroxylation sites is 1. The normalized spacial score (nSPS) is 14.8. The summed E-state index contributed by atoms with van der Waals surface area (Å²) in [5, 5.41) is 6.16. The molecule has 2 aromatic heterocycles. The highest BCUT2D eigenvalue weighted by Gasteiger charge is 2.28. The van der Waals surface area contributed by atoms with Crippen molar-refractivity contribution in [3.8, 4) is 0 Å². The highest BCUT2D eigenvalue weighted by molar-refractivity contribution is 5.82. The van der Waals surface area contributed by atoms with E-state index in [-0.39, 0.29) is 0 Å². The first kappa shape index (κ1) is 11.6. The monoisotopic (exact) mass is 263 g/mol. The van der Waals surface area contributed by atoms with Gasteiger partial charge in [-0.3, -0.25) is 9.67 Å². The van der Waals surface area contributed by atoms with Crippen molar-refractivity contribution < 1.29 is 0 Å². The van der Waals surface area contributed by atoms with Crippen molar-refractivity contribution in [1.82, 2.24) is 14.8 Å². The summed E-state index contributed by atoms with van der Waals surface area (Å²) in [6.07, 6.45) is 2.56. The lowest BCUT2D eigenvalue weighted by molar-refractivity contribution is 0.679. The van der Waals surface area contributed by atoms with E-state index in [0.29, 0.717) is 5.92 Å². The van der Waals surface area contributed by atoms with E-state index in [1.54, 1.807) is 0 Å². The lowest BCUT2D eigenvalue weighted by atomic mass is 10.1. The van der Waals surface area contributed by atoms with E-state index < -0.39 is 0 Å². The van der Waals surface area contributed by atoms with Crippen molar-refractivity contribution in [3.63, 3.8) is 0 Å². The molecular formula is C17H17N3. The minimum Gasteiger partial charge on any atom is -0.259 e. The van der Waals surface area contributed by atoms with E-state index >= 15 is 0 Å². The van der Waals surface area contributed by atoms with E-state index in [4.69, 9.17) is 5.10 Å². The van der Waals surface area contributed by atoms with Gasteiger partial charge in [-0.25, -0.2) is 0 Å². The quantitative estimate of drug-likeness (QED) is 0.722. The zero-order chi connectivity index (χ0) is 13.5. The SMILES string of the molecule is Cc1cccc(Cn2nc(C3CC3)c3ccccc32)n1. The molecule has 1 fully saturated rings. The summed E-state index contributed by atoms with van der Waals surface area (Å²) in [5.74, 6) is 0.673. The van der Waals surface area contributed by atoms with Gasteiger partial charge in [0.25, 0.3) is 0 Å². The second-order valence-electron chi connectivity index (χ2n) is 5.60. The Bertz CT molecular complexity index is 769. The number of hydrogen-bond acceptors (Lipinski definition) is 2. The molecule has 0 bridgehead atoms. The molecule has 0 aliphatic heterocycles. The molecule has 0 unspecified atom stereocenters. The lowest BCUT2D eigenvalue weighted by Crippen LogP contribution is -2.04. The molecule has 1 aliphatic rings. The first-order valence-electron chi connectivity index (χ1n) is 7.19. The molecule has 0 N–H and O–H groups in total. The van der Waals surface area contributed by atoms with Crippen molar-refractivity contribution in [2.45, 2.75) is 32.2 Å². The molecule has 0 atom stereocenters. The van der Waals surface area contributed by atoms with Crippen molar-refractivity contribution >= 4 is 10.9 Å². The molecule has 1 saturated carbocycles. The third-order valence-corrected chi connectivity index (χ3v) is 3.91. The number of benzene rings is 1. The molecule has 100 valence electrons. The van der Waals surface area contributed by atoms with Crippen LogP contribution in [0.25, 0.3) is 10.9 Å². The number of pyridine rings is 1. The van der Waals surface area contributed by atoms with Crippen LogP contribution in [-0.2, 0) is 6.54 Å². The van der Waals surface area contributed by atoms with Crippen LogP contribution in [0.15, 0.2) is 42.5 Å². The summed E-state index contributed by atoms with van der Waals surface area (Å²) in [4.78, 5) is 4.58. The van der Waals surface area contributed by atoms with Crippen LogP contribution in [0.4, 0.5) is 0 Å². The summed E-state index contributed by atoms with van der Waals surface area (Å²) in [6.45, 7) is 2.77. The minimum absolute atomic E-state index is 0.673. The average Bonchev–Trinajstić information content (AvgIpc) is 3.23. The molecule has 0 saturated heterocycles. The fraction of sp³-hybridized carbons (Fsp3) is 0.294. The highest BCUT2D eigenvalue weighted by Crippen LogP contribution is 2.42. The first-order chi connectivity index (χ1) is 9.81. The van der Waals surface area contributed by atoms with Crippen molar-refractivity contribution in [2.75, 3.05) is 0 Å². The van der Waals surface area contributed by atoms with Gasteiger partial charge in [0.05, 0.1) is 23.4 Å². The zero-order valence-corrected chi connectivity index (χ0v) is 11.6. The van der Waals surface area contributed by atoms with Crippen molar-refractivity contribution in [3.05, 3.63) is 59.5 Å². The number of aromatic nitrogens is 3. The molecule has 2 heterocycles. The second-order valence-corrected chi connectivity index (χ2v) is 5.60. The van der Waals surface area contributed by atoms with Crippen LogP contribution < -0.4 is 0 Å². The average molecular weight is 263 g/mol. The van der Waals surface area contributed by atoms with Gasteiger partial charge >= 0.3 is 0 Å². The third-order valence-electron chi connectivity index (χ3n) is 3.91. The Morgan fingerprint density at radius 1 is 1.10 bits per heavy atom. The van der Waals surface area contributed by atoms with Gasteiger partial charge in [0.1, 0.15) is 0 Å². The van der Waals surface area contributed by atoms with Gasteiger partial charge in [-0.15, -0.1) is 0 Å². The molecule has 1 aromatic carbocycles. The summed E-state index contributed by atoms with van der Waals surface area (Å²) in [7, 11) is 0. The Hall–Kier alpha value is -2.16. The Kier molecular flexibility index (Phi) is 2.59. The fourth-order valence-electron chi connectivity index (χ4n) is 2.77. The molecule has 0 radical (unpaired) electrons.